The van der Waals surface area contributed by atoms with Crippen LogP contribution in [0.15, 0.2) is 24.3 Å². The van der Waals surface area contributed by atoms with Crippen LogP contribution in [-0.4, -0.2) is 8.05 Å². The highest BCUT2D eigenvalue weighted by Gasteiger charge is 1.88. The van der Waals surface area contributed by atoms with Gasteiger partial charge < -0.3 is 4.65 Å². The molecule has 0 aliphatic rings. The molecule has 46 valence electrons. The molecule has 1 aromatic carbocycles. The molecule has 0 saturated carbocycles. The molecule has 0 saturated heterocycles. The Bertz CT molecular complexity index is 185. The van der Waals surface area contributed by atoms with Crippen molar-refractivity contribution in [3.05, 3.63) is 30.1 Å². The van der Waals surface area contributed by atoms with Crippen molar-refractivity contribution in [1.82, 2.24) is 0 Å². The highest BCUT2D eigenvalue weighted by atomic mass is 19.1. The first-order valence-electron chi connectivity index (χ1n) is 2.62. The van der Waals surface area contributed by atoms with Gasteiger partial charge in [0.15, 0.2) is 0 Å². The van der Waals surface area contributed by atoms with E-state index in [0.717, 1.165) is 0 Å². The van der Waals surface area contributed by atoms with Gasteiger partial charge in [0.25, 0.3) is 0 Å². The van der Waals surface area contributed by atoms with Gasteiger partial charge in [0.1, 0.15) is 5.82 Å². The van der Waals surface area contributed by atoms with Crippen LogP contribution in [0.3, 0.4) is 0 Å². The average Bonchev–Trinajstić information content (AvgIpc) is 1.90. The fourth-order valence-electron chi connectivity index (χ4n) is 0.571. The summed E-state index contributed by atoms with van der Waals surface area (Å²) in [6.07, 6.45) is 0. The van der Waals surface area contributed by atoms with E-state index in [1.807, 2.05) is 0 Å². The molecule has 9 heavy (non-hydrogen) atoms. The highest BCUT2D eigenvalue weighted by molar-refractivity contribution is 5.99. The van der Waals surface area contributed by atoms with Crippen LogP contribution in [0.5, 0.6) is 5.75 Å². The lowest BCUT2D eigenvalue weighted by atomic mass is 10.3. The van der Waals surface area contributed by atoms with Crippen molar-refractivity contribution < 1.29 is 9.04 Å². The molecule has 0 aliphatic heterocycles. The van der Waals surface area contributed by atoms with Gasteiger partial charge in [-0.1, -0.05) is 0 Å². The third-order valence-electron chi connectivity index (χ3n) is 1.05. The summed E-state index contributed by atoms with van der Waals surface area (Å²) in [6.45, 7) is 0. The smallest absolute Gasteiger partial charge is 0.322 e. The summed E-state index contributed by atoms with van der Waals surface area (Å²) in [5.74, 6) is 0.437. The van der Waals surface area contributed by atoms with Crippen molar-refractivity contribution in [2.45, 2.75) is 0 Å². The van der Waals surface area contributed by atoms with Crippen LogP contribution in [0.4, 0.5) is 4.39 Å². The summed E-state index contributed by atoms with van der Waals surface area (Å²) in [5.41, 5.74) is 0. The zero-order valence-electron chi connectivity index (χ0n) is 5.10. The van der Waals surface area contributed by atoms with Gasteiger partial charge in [-0.15, -0.1) is 0 Å². The van der Waals surface area contributed by atoms with E-state index < -0.39 is 0 Å². The zero-order valence-corrected chi connectivity index (χ0v) is 5.10. The lowest BCUT2D eigenvalue weighted by Crippen LogP contribution is -1.83. The largest absolute Gasteiger partial charge is 0.568 e. The van der Waals surface area contributed by atoms with Crippen molar-refractivity contribution >= 4 is 8.05 Å². The summed E-state index contributed by atoms with van der Waals surface area (Å²) in [7, 11) is 1.55. The molecule has 1 nitrogen and oxygen atoms in total. The van der Waals surface area contributed by atoms with E-state index in [4.69, 9.17) is 4.65 Å². The van der Waals surface area contributed by atoms with E-state index in [9.17, 15) is 4.39 Å². The Morgan fingerprint density at radius 3 is 2.22 bits per heavy atom. The van der Waals surface area contributed by atoms with Crippen molar-refractivity contribution in [3.63, 3.8) is 0 Å². The molecule has 1 aromatic rings. The van der Waals surface area contributed by atoms with Gasteiger partial charge in [-0.2, -0.15) is 0 Å². The fourth-order valence-corrected chi connectivity index (χ4v) is 0.571. The van der Waals surface area contributed by atoms with Gasteiger partial charge in [0.05, 0.1) is 5.75 Å². The van der Waals surface area contributed by atoms with E-state index >= 15 is 0 Å². The predicted molar refractivity (Wildman–Crippen MR) is 35.6 cm³/mol. The zero-order chi connectivity index (χ0) is 6.69. The van der Waals surface area contributed by atoms with Gasteiger partial charge in [-0.25, -0.2) is 4.39 Å². The molecule has 0 N–H and O–H groups in total. The van der Waals surface area contributed by atoms with E-state index in [-0.39, 0.29) is 5.82 Å². The molecule has 0 spiro atoms. The van der Waals surface area contributed by atoms with Crippen LogP contribution < -0.4 is 4.65 Å². The summed E-state index contributed by atoms with van der Waals surface area (Å²) in [6, 6.07) is 5.88. The minimum atomic E-state index is -0.240. The minimum Gasteiger partial charge on any atom is -0.568 e. The van der Waals surface area contributed by atoms with Crippen LogP contribution in [-0.2, 0) is 0 Å². The molecule has 0 fully saturated rings. The first-order chi connectivity index (χ1) is 4.33. The predicted octanol–water partition coefficient (Wildman–Crippen LogP) is 0.753. The quantitative estimate of drug-likeness (QED) is 0.502. The Morgan fingerprint density at radius 1 is 1.22 bits per heavy atom. The Hall–Kier alpha value is -0.985. The summed E-state index contributed by atoms with van der Waals surface area (Å²) >= 11 is 0. The molecule has 0 bridgehead atoms. The molecule has 3 heteroatoms. The SMILES string of the molecule is BOc1ccc(F)cc1. The average molecular weight is 124 g/mol. The number of rotatable bonds is 1. The second kappa shape index (κ2) is 2.53. The molecule has 0 atom stereocenters. The number of benzene rings is 1. The second-order valence-corrected chi connectivity index (χ2v) is 1.66. The van der Waals surface area contributed by atoms with Crippen LogP contribution in [0.25, 0.3) is 0 Å². The van der Waals surface area contributed by atoms with Gasteiger partial charge in [0.2, 0.25) is 0 Å². The molecule has 1 rings (SSSR count). The standard InChI is InChI=1S/C6H6BFO/c7-9-6-3-1-5(8)2-4-6/h1-4H,7H2. The van der Waals surface area contributed by atoms with Gasteiger partial charge in [-0.05, 0) is 24.3 Å². The Kier molecular flexibility index (Phi) is 1.73. The van der Waals surface area contributed by atoms with Crippen LogP contribution in [0.1, 0.15) is 0 Å². The first-order valence-corrected chi connectivity index (χ1v) is 2.62. The van der Waals surface area contributed by atoms with Crippen molar-refractivity contribution in [1.29, 1.82) is 0 Å². The third-order valence-corrected chi connectivity index (χ3v) is 1.05. The molecule has 0 heterocycles. The fraction of sp³-hybridized carbons (Fsp3) is 0. The maximum Gasteiger partial charge on any atom is 0.322 e. The normalized spacial score (nSPS) is 9.00. The Morgan fingerprint density at radius 2 is 1.78 bits per heavy atom. The van der Waals surface area contributed by atoms with Crippen LogP contribution in [0, 0.1) is 5.82 Å². The molecule has 0 amide bonds. The lowest BCUT2D eigenvalue weighted by Gasteiger charge is -1.96. The Balaban J connectivity index is 2.88. The first kappa shape index (κ1) is 6.14. The summed E-state index contributed by atoms with van der Waals surface area (Å²) in [5, 5.41) is 0. The minimum absolute atomic E-state index is 0.240. The number of halogens is 1. The molecule has 0 aliphatic carbocycles. The van der Waals surface area contributed by atoms with Crippen molar-refractivity contribution in [2.75, 3.05) is 0 Å². The second-order valence-electron chi connectivity index (χ2n) is 1.66. The van der Waals surface area contributed by atoms with Crippen LogP contribution in [0.2, 0.25) is 0 Å². The van der Waals surface area contributed by atoms with Gasteiger partial charge in [0, 0.05) is 0 Å². The summed E-state index contributed by atoms with van der Waals surface area (Å²) < 4.78 is 17.0. The maximum atomic E-state index is 12.2. The van der Waals surface area contributed by atoms with E-state index in [1.54, 1.807) is 20.2 Å². The van der Waals surface area contributed by atoms with Crippen molar-refractivity contribution in [3.8, 4) is 5.75 Å². The molecule has 0 unspecified atom stereocenters. The van der Waals surface area contributed by atoms with E-state index in [2.05, 4.69) is 0 Å². The number of hydrogen-bond acceptors (Lipinski definition) is 1. The highest BCUT2D eigenvalue weighted by Crippen LogP contribution is 2.08. The molecule has 0 radical (unpaired) electrons. The third kappa shape index (κ3) is 1.45. The molecule has 0 aromatic heterocycles. The molecular formula is C6H6BFO. The van der Waals surface area contributed by atoms with E-state index in [1.165, 1.54) is 12.1 Å². The summed E-state index contributed by atoms with van der Waals surface area (Å²) in [4.78, 5) is 0. The van der Waals surface area contributed by atoms with Crippen LogP contribution >= 0.6 is 0 Å². The lowest BCUT2D eigenvalue weighted by molar-refractivity contribution is 0.599. The van der Waals surface area contributed by atoms with Gasteiger partial charge >= 0.3 is 8.05 Å². The van der Waals surface area contributed by atoms with E-state index in [0.29, 0.717) is 5.75 Å². The number of hydrogen-bond donors (Lipinski definition) is 0. The Labute approximate surface area is 53.9 Å². The topological polar surface area (TPSA) is 9.23 Å². The molecular weight excluding hydrogens is 118 g/mol. The maximum absolute atomic E-state index is 12.2. The van der Waals surface area contributed by atoms with Gasteiger partial charge in [-0.3, -0.25) is 0 Å². The monoisotopic (exact) mass is 124 g/mol. The van der Waals surface area contributed by atoms with Crippen molar-refractivity contribution in [2.24, 2.45) is 0 Å².